The van der Waals surface area contributed by atoms with Gasteiger partial charge in [0, 0.05) is 16.2 Å². The molecule has 0 bridgehead atoms. The smallest absolute Gasteiger partial charge is 0.373 e. The van der Waals surface area contributed by atoms with E-state index in [0.29, 0.717) is 0 Å². The molecule has 0 spiro atoms. The molecule has 0 atom stereocenters. The summed E-state index contributed by atoms with van der Waals surface area (Å²) < 4.78 is 8.11. The van der Waals surface area contributed by atoms with Crippen LogP contribution in [0.3, 0.4) is 0 Å². The summed E-state index contributed by atoms with van der Waals surface area (Å²) in [7, 11) is 1.67. The minimum absolute atomic E-state index is 0.250. The van der Waals surface area contributed by atoms with Gasteiger partial charge in [-0.1, -0.05) is 0 Å². The van der Waals surface area contributed by atoms with Crippen molar-refractivity contribution < 1.29 is 14.3 Å². The maximum Gasteiger partial charge on any atom is 0.373 e. The van der Waals surface area contributed by atoms with E-state index in [4.69, 9.17) is 14.3 Å². The zero-order chi connectivity index (χ0) is 13.0. The van der Waals surface area contributed by atoms with Crippen molar-refractivity contribution >= 4 is 27.6 Å². The largest absolute Gasteiger partial charge is 0.494 e. The van der Waals surface area contributed by atoms with Crippen molar-refractivity contribution in [1.29, 1.82) is 0 Å². The normalized spacial score (nSPS) is 9.41. The van der Waals surface area contributed by atoms with Gasteiger partial charge in [0.1, 0.15) is 11.3 Å². The third kappa shape index (κ3) is 2.72. The summed E-state index contributed by atoms with van der Waals surface area (Å²) in [5.41, 5.74) is 3.23. The van der Waals surface area contributed by atoms with Gasteiger partial charge in [-0.15, -0.1) is 0 Å². The molecule has 0 saturated carbocycles. The number of aryl methyl sites for hydroxylation is 2. The molecule has 0 aliphatic heterocycles. The van der Waals surface area contributed by atoms with Gasteiger partial charge in [-0.3, -0.25) is 0 Å². The number of carbonyl (C=O) groups excluding carboxylic acids is 2. The van der Waals surface area contributed by atoms with E-state index >= 15 is 0 Å². The first kappa shape index (κ1) is 13.4. The third-order valence-corrected chi connectivity index (χ3v) is 2.79. The Morgan fingerprint density at radius 3 is 2.53 bits per heavy atom. The molecule has 0 N–H and O–H groups in total. The molecule has 6 heteroatoms. The highest BCUT2D eigenvalue weighted by Crippen LogP contribution is 2.28. The first-order chi connectivity index (χ1) is 8.04. The lowest BCUT2D eigenvalue weighted by Crippen LogP contribution is -1.92. The van der Waals surface area contributed by atoms with Crippen LogP contribution in [-0.4, -0.2) is 22.9 Å². The summed E-state index contributed by atoms with van der Waals surface area (Å²) in [5, 5.41) is 4.39. The predicted octanol–water partition coefficient (Wildman–Crippen LogP) is 2.14. The Bertz CT molecular complexity index is 572. The molecule has 2 heterocycles. The Morgan fingerprint density at radius 2 is 2.00 bits per heavy atom. The molecule has 2 aromatic rings. The van der Waals surface area contributed by atoms with Crippen LogP contribution in [0.25, 0.3) is 5.52 Å². The Morgan fingerprint density at radius 1 is 1.41 bits per heavy atom. The molecule has 2 aromatic heterocycles. The lowest BCUT2D eigenvalue weighted by atomic mass is 10.2. The number of aromatic nitrogens is 2. The van der Waals surface area contributed by atoms with Crippen molar-refractivity contribution in [3.8, 4) is 5.75 Å². The molecule has 0 saturated heterocycles. The maximum atomic E-state index is 8.12. The van der Waals surface area contributed by atoms with Gasteiger partial charge in [0.25, 0.3) is 0 Å². The quantitative estimate of drug-likeness (QED) is 0.809. The second-order valence-electron chi connectivity index (χ2n) is 3.31. The second-order valence-corrected chi connectivity index (χ2v) is 4.23. The van der Waals surface area contributed by atoms with Crippen LogP contribution in [0.2, 0.25) is 0 Å². The van der Waals surface area contributed by atoms with Crippen molar-refractivity contribution in [3.05, 3.63) is 28.0 Å². The van der Waals surface area contributed by atoms with Crippen molar-refractivity contribution in [2.75, 3.05) is 7.11 Å². The zero-order valence-corrected chi connectivity index (χ0v) is 11.2. The van der Waals surface area contributed by atoms with Gasteiger partial charge < -0.3 is 4.74 Å². The van der Waals surface area contributed by atoms with E-state index < -0.39 is 0 Å². The number of ether oxygens (including phenoxy) is 1. The minimum atomic E-state index is 0.250. The van der Waals surface area contributed by atoms with E-state index in [0.717, 1.165) is 27.0 Å². The van der Waals surface area contributed by atoms with E-state index in [1.165, 1.54) is 0 Å². The molecule has 0 amide bonds. The van der Waals surface area contributed by atoms with Crippen molar-refractivity contribution in [3.63, 3.8) is 0 Å². The highest BCUT2D eigenvalue weighted by molar-refractivity contribution is 9.10. The minimum Gasteiger partial charge on any atom is -0.494 e. The Balaban J connectivity index is 0.000000437. The van der Waals surface area contributed by atoms with Gasteiger partial charge >= 0.3 is 6.15 Å². The predicted molar refractivity (Wildman–Crippen MR) is 63.9 cm³/mol. The Hall–Kier alpha value is -1.65. The van der Waals surface area contributed by atoms with Crippen LogP contribution in [0.1, 0.15) is 11.3 Å². The Labute approximate surface area is 107 Å². The molecular weight excluding hydrogens is 288 g/mol. The number of pyridine rings is 1. The van der Waals surface area contributed by atoms with Crippen LogP contribution in [0.5, 0.6) is 5.75 Å². The number of methoxy groups -OCH3 is 1. The molecule has 17 heavy (non-hydrogen) atoms. The van der Waals surface area contributed by atoms with Crippen LogP contribution < -0.4 is 4.74 Å². The standard InChI is InChI=1S/C10H11BrN2O.CO2/c1-6-7(2)12-13-5-8(11)4-9(14-3)10(6)13;2-1-3/h4-5H,1-3H3;. The summed E-state index contributed by atoms with van der Waals surface area (Å²) in [4.78, 5) is 16.2. The zero-order valence-electron chi connectivity index (χ0n) is 9.65. The lowest BCUT2D eigenvalue weighted by molar-refractivity contribution is -0.191. The third-order valence-electron chi connectivity index (χ3n) is 2.35. The second kappa shape index (κ2) is 5.61. The number of fused-ring (bicyclic) bond motifs is 1. The fourth-order valence-corrected chi connectivity index (χ4v) is 1.93. The maximum absolute atomic E-state index is 8.12. The molecule has 0 aliphatic rings. The molecule has 0 radical (unpaired) electrons. The van der Waals surface area contributed by atoms with Crippen molar-refractivity contribution in [1.82, 2.24) is 9.61 Å². The van der Waals surface area contributed by atoms with Gasteiger partial charge in [-0.25, -0.2) is 4.52 Å². The van der Waals surface area contributed by atoms with Gasteiger partial charge in [-0.05, 0) is 35.8 Å². The summed E-state index contributed by atoms with van der Waals surface area (Å²) in [6, 6.07) is 1.95. The average Bonchev–Trinajstić information content (AvgIpc) is 2.54. The monoisotopic (exact) mass is 298 g/mol. The molecule has 0 aromatic carbocycles. The van der Waals surface area contributed by atoms with Crippen LogP contribution in [0, 0.1) is 13.8 Å². The van der Waals surface area contributed by atoms with Crippen LogP contribution >= 0.6 is 15.9 Å². The van der Waals surface area contributed by atoms with Crippen LogP contribution in [0.15, 0.2) is 16.7 Å². The molecule has 0 unspecified atom stereocenters. The molecule has 2 rings (SSSR count). The molecule has 90 valence electrons. The number of halogens is 1. The van der Waals surface area contributed by atoms with Crippen molar-refractivity contribution in [2.24, 2.45) is 0 Å². The fraction of sp³-hybridized carbons (Fsp3) is 0.273. The fourth-order valence-electron chi connectivity index (χ4n) is 1.52. The van der Waals surface area contributed by atoms with Crippen LogP contribution in [0.4, 0.5) is 0 Å². The molecular formula is C11H11BrN2O3. The molecule has 0 fully saturated rings. The van der Waals surface area contributed by atoms with Crippen molar-refractivity contribution in [2.45, 2.75) is 13.8 Å². The number of nitrogens with zero attached hydrogens (tertiary/aromatic N) is 2. The van der Waals surface area contributed by atoms with E-state index in [9.17, 15) is 0 Å². The van der Waals surface area contributed by atoms with Gasteiger partial charge in [-0.2, -0.15) is 14.7 Å². The average molecular weight is 299 g/mol. The summed E-state index contributed by atoms with van der Waals surface area (Å²) >= 11 is 3.42. The lowest BCUT2D eigenvalue weighted by Gasteiger charge is -2.04. The van der Waals surface area contributed by atoms with Gasteiger partial charge in [0.2, 0.25) is 0 Å². The number of hydrogen-bond acceptors (Lipinski definition) is 4. The molecule has 5 nitrogen and oxygen atoms in total. The number of hydrogen-bond donors (Lipinski definition) is 0. The topological polar surface area (TPSA) is 60.7 Å². The molecule has 0 aliphatic carbocycles. The summed E-state index contributed by atoms with van der Waals surface area (Å²) in [5.74, 6) is 0.845. The summed E-state index contributed by atoms with van der Waals surface area (Å²) in [6.45, 7) is 4.05. The van der Waals surface area contributed by atoms with Crippen LogP contribution in [-0.2, 0) is 9.59 Å². The Kier molecular flexibility index (Phi) is 4.43. The number of rotatable bonds is 1. The van der Waals surface area contributed by atoms with E-state index in [1.807, 2.05) is 30.6 Å². The summed E-state index contributed by atoms with van der Waals surface area (Å²) in [6.07, 6.45) is 2.18. The van der Waals surface area contributed by atoms with E-state index in [2.05, 4.69) is 21.0 Å². The van der Waals surface area contributed by atoms with Gasteiger partial charge in [0.15, 0.2) is 0 Å². The highest BCUT2D eigenvalue weighted by atomic mass is 79.9. The van der Waals surface area contributed by atoms with E-state index in [1.54, 1.807) is 7.11 Å². The first-order valence-corrected chi connectivity index (χ1v) is 5.52. The van der Waals surface area contributed by atoms with E-state index in [-0.39, 0.29) is 6.15 Å². The van der Waals surface area contributed by atoms with Gasteiger partial charge in [0.05, 0.1) is 12.8 Å². The highest BCUT2D eigenvalue weighted by Gasteiger charge is 2.10. The first-order valence-electron chi connectivity index (χ1n) is 4.73. The SMILES string of the molecule is COc1cc(Br)cn2nc(C)c(C)c12.O=C=O.